The molecule has 1 aliphatic rings. The molecule has 0 saturated heterocycles. The molecular formula is C24H22N2O4S4. The first-order valence-corrected chi connectivity index (χ1v) is 14.0. The zero-order chi connectivity index (χ0) is 23.9. The van der Waals surface area contributed by atoms with E-state index in [0.29, 0.717) is 37.2 Å². The molecule has 2 N–H and O–H groups in total. The molecule has 176 valence electrons. The minimum Gasteiger partial charge on any atom is -0.477 e. The van der Waals surface area contributed by atoms with Crippen molar-refractivity contribution >= 4 is 57.0 Å². The third kappa shape index (κ3) is 6.74. The average molecular weight is 531 g/mol. The number of hydrogen-bond donors (Lipinski definition) is 2. The topological polar surface area (TPSA) is 81.1 Å². The third-order valence-corrected chi connectivity index (χ3v) is 8.46. The molecule has 1 unspecified atom stereocenters. The molecule has 34 heavy (non-hydrogen) atoms. The Morgan fingerprint density at radius 2 is 1.94 bits per heavy atom. The van der Waals surface area contributed by atoms with Crippen LogP contribution in [0.25, 0.3) is 0 Å². The monoisotopic (exact) mass is 530 g/mol. The van der Waals surface area contributed by atoms with E-state index in [4.69, 9.17) is 5.11 Å². The predicted octanol–water partition coefficient (Wildman–Crippen LogP) is 5.36. The van der Waals surface area contributed by atoms with Gasteiger partial charge in [0.1, 0.15) is 4.88 Å². The lowest BCUT2D eigenvalue weighted by molar-refractivity contribution is 0.0549. The van der Waals surface area contributed by atoms with Gasteiger partial charge in [-0.15, -0.1) is 22.7 Å². The van der Waals surface area contributed by atoms with E-state index in [2.05, 4.69) is 11.8 Å². The highest BCUT2D eigenvalue weighted by Gasteiger charge is 2.23. The van der Waals surface area contributed by atoms with Crippen molar-refractivity contribution in [2.75, 3.05) is 13.1 Å². The van der Waals surface area contributed by atoms with Gasteiger partial charge in [0, 0.05) is 63.8 Å². The second kappa shape index (κ2) is 11.7. The zero-order valence-electron chi connectivity index (χ0n) is 18.0. The maximum absolute atomic E-state index is 12.5. The molecule has 4 rings (SSSR count). The van der Waals surface area contributed by atoms with E-state index in [-0.39, 0.29) is 5.24 Å². The van der Waals surface area contributed by atoms with Crippen LogP contribution in [-0.4, -0.2) is 50.6 Å². The maximum Gasteiger partial charge on any atom is 0.345 e. The van der Waals surface area contributed by atoms with Crippen molar-refractivity contribution in [3.05, 3.63) is 77.8 Å². The summed E-state index contributed by atoms with van der Waals surface area (Å²) in [5.41, 5.74) is 1.96. The number of aliphatic hydroxyl groups is 1. The predicted molar refractivity (Wildman–Crippen MR) is 139 cm³/mol. The van der Waals surface area contributed by atoms with Crippen LogP contribution >= 0.6 is 45.8 Å². The van der Waals surface area contributed by atoms with Gasteiger partial charge < -0.3 is 10.2 Å². The Bertz CT molecular complexity index is 1220. The normalized spacial score (nSPS) is 14.2. The molecule has 10 heteroatoms. The largest absolute Gasteiger partial charge is 0.477 e. The summed E-state index contributed by atoms with van der Waals surface area (Å²) in [5, 5.41) is 30.9. The summed E-state index contributed by atoms with van der Waals surface area (Å²) >= 11 is 5.56. The molecule has 0 bridgehead atoms. The average Bonchev–Trinajstić information content (AvgIpc) is 3.57. The molecule has 1 aliphatic heterocycles. The summed E-state index contributed by atoms with van der Waals surface area (Å²) < 4.78 is 0. The van der Waals surface area contributed by atoms with Crippen molar-refractivity contribution in [1.29, 1.82) is 0 Å². The van der Waals surface area contributed by atoms with Gasteiger partial charge in [0.25, 0.3) is 0 Å². The van der Waals surface area contributed by atoms with Crippen molar-refractivity contribution in [2.45, 2.75) is 25.4 Å². The van der Waals surface area contributed by atoms with Crippen LogP contribution in [0.5, 0.6) is 0 Å². The van der Waals surface area contributed by atoms with Gasteiger partial charge in [0.2, 0.25) is 0 Å². The summed E-state index contributed by atoms with van der Waals surface area (Å²) in [6.45, 7) is 0.952. The molecule has 0 radical (unpaired) electrons. The number of carboxylic acid groups (broad SMARTS) is 1. The van der Waals surface area contributed by atoms with Crippen LogP contribution in [0.1, 0.15) is 37.0 Å². The fourth-order valence-corrected chi connectivity index (χ4v) is 6.26. The SMILES string of the molecule is O=C(O)c1ccc(CCN2C(=O)SC=CN2CCC(O)Cc2cc(C#Cc3ccsc3)cs2)s1. The molecule has 0 spiro atoms. The number of carbonyl (C=O) groups excluding carboxylic acids is 1. The number of aromatic carboxylic acids is 1. The van der Waals surface area contributed by atoms with Crippen LogP contribution in [0.4, 0.5) is 4.79 Å². The second-order valence-corrected chi connectivity index (χ2v) is 11.3. The molecule has 0 saturated carbocycles. The Balaban J connectivity index is 1.28. The highest BCUT2D eigenvalue weighted by Crippen LogP contribution is 2.23. The number of thioether (sulfide) groups is 1. The van der Waals surface area contributed by atoms with Crippen LogP contribution in [-0.2, 0) is 12.8 Å². The van der Waals surface area contributed by atoms with Crippen LogP contribution in [0.3, 0.4) is 0 Å². The molecule has 1 atom stereocenters. The van der Waals surface area contributed by atoms with Gasteiger partial charge in [-0.3, -0.25) is 9.80 Å². The number of rotatable bonds is 9. The number of thiophene rings is 3. The fraction of sp³-hybridized carbons (Fsp3) is 0.250. The Kier molecular flexibility index (Phi) is 8.48. The molecule has 6 nitrogen and oxygen atoms in total. The Morgan fingerprint density at radius 3 is 2.71 bits per heavy atom. The first-order valence-electron chi connectivity index (χ1n) is 10.5. The number of hydrogen-bond acceptors (Lipinski definition) is 8. The molecule has 3 aromatic rings. The Morgan fingerprint density at radius 1 is 1.09 bits per heavy atom. The molecule has 0 aromatic carbocycles. The highest BCUT2D eigenvalue weighted by molar-refractivity contribution is 8.16. The summed E-state index contributed by atoms with van der Waals surface area (Å²) in [6, 6.07) is 7.39. The highest BCUT2D eigenvalue weighted by atomic mass is 32.2. The van der Waals surface area contributed by atoms with E-state index in [0.717, 1.165) is 32.6 Å². The number of hydrazine groups is 1. The lowest BCUT2D eigenvalue weighted by Gasteiger charge is -2.36. The lowest BCUT2D eigenvalue weighted by atomic mass is 10.1. The van der Waals surface area contributed by atoms with Crippen molar-refractivity contribution in [2.24, 2.45) is 0 Å². The summed E-state index contributed by atoms with van der Waals surface area (Å²) in [4.78, 5) is 25.8. The van der Waals surface area contributed by atoms with Gasteiger partial charge in [0.15, 0.2) is 0 Å². The van der Waals surface area contributed by atoms with Crippen LogP contribution in [0.15, 0.2) is 52.0 Å². The van der Waals surface area contributed by atoms with Gasteiger partial charge >= 0.3 is 11.2 Å². The van der Waals surface area contributed by atoms with Gasteiger partial charge in [-0.05, 0) is 53.2 Å². The van der Waals surface area contributed by atoms with E-state index in [1.165, 1.54) is 11.3 Å². The van der Waals surface area contributed by atoms with Crippen molar-refractivity contribution < 1.29 is 19.8 Å². The third-order valence-electron chi connectivity index (χ3n) is 5.02. The van der Waals surface area contributed by atoms with Crippen LogP contribution < -0.4 is 0 Å². The second-order valence-electron chi connectivity index (χ2n) is 7.49. The molecule has 4 heterocycles. The molecule has 0 fully saturated rings. The quantitative estimate of drug-likeness (QED) is 0.363. The number of amides is 1. The van der Waals surface area contributed by atoms with E-state index in [9.17, 15) is 14.7 Å². The number of carbonyl (C=O) groups is 2. The minimum absolute atomic E-state index is 0.0842. The smallest absolute Gasteiger partial charge is 0.345 e. The zero-order valence-corrected chi connectivity index (χ0v) is 21.3. The maximum atomic E-state index is 12.5. The number of carboxylic acids is 1. The first-order chi connectivity index (χ1) is 16.5. The summed E-state index contributed by atoms with van der Waals surface area (Å²) in [7, 11) is 0. The number of aliphatic hydroxyl groups excluding tert-OH is 1. The van der Waals surface area contributed by atoms with E-state index in [1.54, 1.807) is 45.2 Å². The lowest BCUT2D eigenvalue weighted by Crippen LogP contribution is -2.45. The summed E-state index contributed by atoms with van der Waals surface area (Å²) in [6.07, 6.45) is 2.93. The van der Waals surface area contributed by atoms with Crippen molar-refractivity contribution in [3.8, 4) is 11.8 Å². The summed E-state index contributed by atoms with van der Waals surface area (Å²) in [5.74, 6) is 5.36. The van der Waals surface area contributed by atoms with E-state index < -0.39 is 12.1 Å². The van der Waals surface area contributed by atoms with Gasteiger partial charge in [-0.1, -0.05) is 11.8 Å². The van der Waals surface area contributed by atoms with Gasteiger partial charge in [-0.25, -0.2) is 9.80 Å². The van der Waals surface area contributed by atoms with E-state index >= 15 is 0 Å². The molecular weight excluding hydrogens is 509 g/mol. The van der Waals surface area contributed by atoms with Gasteiger partial charge in [0.05, 0.1) is 6.10 Å². The van der Waals surface area contributed by atoms with Crippen LogP contribution in [0, 0.1) is 11.8 Å². The van der Waals surface area contributed by atoms with Crippen molar-refractivity contribution in [1.82, 2.24) is 10.0 Å². The Hall–Kier alpha value is -2.55. The number of nitrogens with zero attached hydrogens (tertiary/aromatic N) is 2. The molecule has 3 aromatic heterocycles. The van der Waals surface area contributed by atoms with E-state index in [1.807, 2.05) is 39.5 Å². The standard InChI is InChI=1S/C24H22N2O4S4/c27-19(14-21-13-18(16-33-21)2-1-17-7-11-31-15-17)5-8-25-10-12-32-24(30)26(25)9-6-20-3-4-22(34-20)23(28)29/h3-4,7,10-13,15-16,19,27H,5-6,8-9,14H2,(H,28,29). The van der Waals surface area contributed by atoms with Gasteiger partial charge in [-0.2, -0.15) is 11.3 Å². The fourth-order valence-electron chi connectivity index (χ4n) is 3.31. The molecule has 1 amide bonds. The first kappa shape index (κ1) is 24.6. The molecule has 0 aliphatic carbocycles. The van der Waals surface area contributed by atoms with Crippen molar-refractivity contribution in [3.63, 3.8) is 0 Å². The van der Waals surface area contributed by atoms with Crippen LogP contribution in [0.2, 0.25) is 0 Å². The minimum atomic E-state index is -0.938. The Labute approximate surface area is 214 Å².